The number of pyridine rings is 1. The number of carbonyl (C=O) groups excluding carboxylic acids is 2. The maximum atomic E-state index is 12.5. The van der Waals surface area contributed by atoms with Crippen molar-refractivity contribution >= 4 is 11.9 Å². The summed E-state index contributed by atoms with van der Waals surface area (Å²) in [5.41, 5.74) is -0.524. The van der Waals surface area contributed by atoms with Gasteiger partial charge < -0.3 is 10.1 Å². The highest BCUT2D eigenvalue weighted by molar-refractivity contribution is 5.99. The molecule has 0 aliphatic rings. The molecule has 0 fully saturated rings. The average Bonchev–Trinajstić information content (AvgIpc) is 2.36. The number of nitrogens with one attached hydrogen (secondary N) is 1. The molecule has 1 rings (SSSR count). The van der Waals surface area contributed by atoms with Crippen LogP contribution < -0.4 is 5.32 Å². The van der Waals surface area contributed by atoms with Crippen molar-refractivity contribution in [3.63, 3.8) is 0 Å². The van der Waals surface area contributed by atoms with Crippen LogP contribution in [0.2, 0.25) is 0 Å². The molecule has 0 aliphatic heterocycles. The molecule has 0 radical (unpaired) electrons. The molecule has 21 heavy (non-hydrogen) atoms. The molecule has 1 aromatic heterocycles. The molecule has 1 heterocycles. The van der Waals surface area contributed by atoms with Crippen molar-refractivity contribution in [1.29, 1.82) is 0 Å². The summed E-state index contributed by atoms with van der Waals surface area (Å²) < 4.78 is 30.0. The Morgan fingerprint density at radius 1 is 1.38 bits per heavy atom. The van der Waals surface area contributed by atoms with Gasteiger partial charge in [0.2, 0.25) is 5.78 Å². The Morgan fingerprint density at radius 3 is 2.62 bits per heavy atom. The summed E-state index contributed by atoms with van der Waals surface area (Å²) in [6, 6.07) is 2.71. The van der Waals surface area contributed by atoms with E-state index in [0.29, 0.717) is 0 Å². The normalized spacial score (nSPS) is 11.3. The van der Waals surface area contributed by atoms with Gasteiger partial charge in [-0.15, -0.1) is 0 Å². The van der Waals surface area contributed by atoms with E-state index < -0.39 is 23.9 Å². The van der Waals surface area contributed by atoms with Crippen LogP contribution in [-0.2, 0) is 11.2 Å². The van der Waals surface area contributed by atoms with Gasteiger partial charge in [0, 0.05) is 24.7 Å². The van der Waals surface area contributed by atoms with Crippen LogP contribution in [0.5, 0.6) is 0 Å². The number of hydrogen-bond acceptors (Lipinski definition) is 4. The minimum atomic E-state index is -3.08. The van der Waals surface area contributed by atoms with Crippen LogP contribution in [0, 0.1) is 0 Å². The van der Waals surface area contributed by atoms with Gasteiger partial charge in [-0.25, -0.2) is 13.6 Å². The predicted molar refractivity (Wildman–Crippen MR) is 72.5 cm³/mol. The van der Waals surface area contributed by atoms with Gasteiger partial charge in [-0.05, 0) is 32.9 Å². The second-order valence-corrected chi connectivity index (χ2v) is 5.34. The second-order valence-electron chi connectivity index (χ2n) is 5.34. The number of Topliss-reactive ketones (excluding diaryl/α,β-unsaturated/α-hetero) is 1. The van der Waals surface area contributed by atoms with Gasteiger partial charge in [-0.1, -0.05) is 0 Å². The lowest BCUT2D eigenvalue weighted by Gasteiger charge is -2.19. The lowest BCUT2D eigenvalue weighted by atomic mass is 10.1. The van der Waals surface area contributed by atoms with Crippen LogP contribution in [0.4, 0.5) is 13.6 Å². The summed E-state index contributed by atoms with van der Waals surface area (Å²) in [4.78, 5) is 26.7. The van der Waals surface area contributed by atoms with Crippen LogP contribution >= 0.6 is 0 Å². The second kappa shape index (κ2) is 7.10. The lowest BCUT2D eigenvalue weighted by molar-refractivity contribution is 0.0528. The van der Waals surface area contributed by atoms with Crippen LogP contribution in [0.1, 0.15) is 36.8 Å². The van der Waals surface area contributed by atoms with E-state index in [9.17, 15) is 18.4 Å². The molecule has 0 spiro atoms. The van der Waals surface area contributed by atoms with Crippen molar-refractivity contribution in [3.8, 4) is 0 Å². The van der Waals surface area contributed by atoms with Gasteiger partial charge in [-0.3, -0.25) is 9.78 Å². The number of ether oxygens (including phenoxy) is 1. The molecule has 0 aromatic carbocycles. The first-order valence-electron chi connectivity index (χ1n) is 6.44. The van der Waals surface area contributed by atoms with E-state index >= 15 is 0 Å². The molecule has 0 atom stereocenters. The topological polar surface area (TPSA) is 68.3 Å². The Bertz CT molecular complexity index is 513. The molecule has 1 amide bonds. The van der Waals surface area contributed by atoms with E-state index in [1.165, 1.54) is 18.3 Å². The summed E-state index contributed by atoms with van der Waals surface area (Å²) in [6.45, 7) is 5.32. The molecule has 7 heteroatoms. The third-order valence-corrected chi connectivity index (χ3v) is 2.38. The fourth-order valence-corrected chi connectivity index (χ4v) is 1.58. The number of nitrogens with zero attached hydrogens (tertiary/aromatic N) is 1. The zero-order valence-electron chi connectivity index (χ0n) is 12.2. The molecule has 0 unspecified atom stereocenters. The Labute approximate surface area is 121 Å². The van der Waals surface area contributed by atoms with E-state index in [-0.39, 0.29) is 24.2 Å². The molecule has 1 N–H and O–H groups in total. The van der Waals surface area contributed by atoms with Crippen molar-refractivity contribution in [3.05, 3.63) is 29.6 Å². The highest BCUT2D eigenvalue weighted by Crippen LogP contribution is 2.12. The number of aromatic nitrogens is 1. The van der Waals surface area contributed by atoms with Crippen LogP contribution in [0.15, 0.2) is 18.3 Å². The third kappa shape index (κ3) is 5.85. The fourth-order valence-electron chi connectivity index (χ4n) is 1.58. The number of alkyl halides is 2. The minimum absolute atomic E-state index is 0.126. The van der Waals surface area contributed by atoms with Gasteiger partial charge in [-0.2, -0.15) is 0 Å². The molecule has 1 aromatic rings. The van der Waals surface area contributed by atoms with E-state index in [0.717, 1.165) is 0 Å². The summed E-state index contributed by atoms with van der Waals surface area (Å²) >= 11 is 0. The number of carbonyl (C=O) groups is 2. The monoisotopic (exact) mass is 300 g/mol. The summed E-state index contributed by atoms with van der Waals surface area (Å²) in [7, 11) is 0. The maximum Gasteiger partial charge on any atom is 0.407 e. The quantitative estimate of drug-likeness (QED) is 0.849. The van der Waals surface area contributed by atoms with E-state index in [4.69, 9.17) is 4.74 Å². The first kappa shape index (κ1) is 17.0. The van der Waals surface area contributed by atoms with Crippen LogP contribution in [-0.4, -0.2) is 35.4 Å². The zero-order chi connectivity index (χ0) is 16.0. The molecule has 0 saturated heterocycles. The summed E-state index contributed by atoms with van der Waals surface area (Å²) in [6.07, 6.45) is -2.12. The molecule has 5 nitrogen and oxygen atoms in total. The maximum absolute atomic E-state index is 12.5. The summed E-state index contributed by atoms with van der Waals surface area (Å²) in [5, 5.41) is 2.48. The summed E-state index contributed by atoms with van der Waals surface area (Å²) in [5.74, 6) is -1.27. The van der Waals surface area contributed by atoms with Crippen LogP contribution in [0.25, 0.3) is 0 Å². The Kier molecular flexibility index (Phi) is 5.75. The minimum Gasteiger partial charge on any atom is -0.444 e. The molecular weight excluding hydrogens is 282 g/mol. The van der Waals surface area contributed by atoms with Crippen molar-refractivity contribution in [2.75, 3.05) is 6.54 Å². The number of amides is 1. The van der Waals surface area contributed by atoms with Crippen molar-refractivity contribution in [2.45, 2.75) is 39.2 Å². The van der Waals surface area contributed by atoms with E-state index in [1.807, 2.05) is 0 Å². The number of hydrogen-bond donors (Lipinski definition) is 1. The third-order valence-electron chi connectivity index (χ3n) is 2.38. The Morgan fingerprint density at radius 2 is 2.05 bits per heavy atom. The largest absolute Gasteiger partial charge is 0.444 e. The molecule has 116 valence electrons. The van der Waals surface area contributed by atoms with E-state index in [1.54, 1.807) is 20.8 Å². The average molecular weight is 300 g/mol. The number of halogens is 2. The first-order chi connectivity index (χ1) is 9.70. The van der Waals surface area contributed by atoms with Gasteiger partial charge in [0.25, 0.3) is 0 Å². The Hall–Kier alpha value is -2.05. The highest BCUT2D eigenvalue weighted by Gasteiger charge is 2.21. The van der Waals surface area contributed by atoms with Gasteiger partial charge >= 0.3 is 12.5 Å². The molecule has 0 bridgehead atoms. The zero-order valence-corrected chi connectivity index (χ0v) is 12.2. The number of rotatable bonds is 5. The van der Waals surface area contributed by atoms with Crippen molar-refractivity contribution < 1.29 is 23.1 Å². The van der Waals surface area contributed by atoms with Gasteiger partial charge in [0.05, 0.1) is 5.69 Å². The number of alkyl carbamates (subject to hydrolysis) is 1. The Balaban J connectivity index is 2.61. The van der Waals surface area contributed by atoms with Crippen molar-refractivity contribution in [1.82, 2.24) is 10.3 Å². The lowest BCUT2D eigenvalue weighted by Crippen LogP contribution is -2.33. The highest BCUT2D eigenvalue weighted by atomic mass is 19.3. The van der Waals surface area contributed by atoms with Gasteiger partial charge in [0.15, 0.2) is 0 Å². The fraction of sp³-hybridized carbons (Fsp3) is 0.500. The van der Waals surface area contributed by atoms with E-state index in [2.05, 4.69) is 10.3 Å². The molecule has 0 aliphatic carbocycles. The standard InChI is InChI=1S/C14H18F2N2O3/c1-14(2,3)21-13(20)18-8-6-10-9(5-4-7-17-10)11(19)12(15)16/h4-5,7,12H,6,8H2,1-3H3,(H,18,20). The molecule has 0 saturated carbocycles. The predicted octanol–water partition coefficient (Wildman–Crippen LogP) is 2.60. The first-order valence-corrected chi connectivity index (χ1v) is 6.44. The smallest absolute Gasteiger partial charge is 0.407 e. The SMILES string of the molecule is CC(C)(C)OC(=O)NCCc1ncccc1C(=O)C(F)F. The van der Waals surface area contributed by atoms with Crippen molar-refractivity contribution in [2.24, 2.45) is 0 Å². The number of ketones is 1. The molecular formula is C14H18F2N2O3. The van der Waals surface area contributed by atoms with Crippen LogP contribution in [0.3, 0.4) is 0 Å². The van der Waals surface area contributed by atoms with Gasteiger partial charge in [0.1, 0.15) is 5.60 Å².